The highest BCUT2D eigenvalue weighted by atomic mass is 32.1. The second kappa shape index (κ2) is 4.35. The van der Waals surface area contributed by atoms with E-state index in [1.165, 1.54) is 11.3 Å². The van der Waals surface area contributed by atoms with Crippen LogP contribution in [-0.2, 0) is 6.54 Å². The molecule has 5 heteroatoms. The van der Waals surface area contributed by atoms with Crippen molar-refractivity contribution in [3.63, 3.8) is 0 Å². The van der Waals surface area contributed by atoms with Gasteiger partial charge in [-0.25, -0.2) is 0 Å². The van der Waals surface area contributed by atoms with Gasteiger partial charge in [0, 0.05) is 18.9 Å². The lowest BCUT2D eigenvalue weighted by atomic mass is 10.2. The molecule has 2 aromatic heterocycles. The van der Waals surface area contributed by atoms with Crippen LogP contribution in [0.4, 0.5) is 0 Å². The number of rotatable bonds is 4. The predicted octanol–water partition coefficient (Wildman–Crippen LogP) is 1.98. The molecule has 0 aliphatic rings. The van der Waals surface area contributed by atoms with Crippen LogP contribution < -0.4 is 0 Å². The fourth-order valence-electron chi connectivity index (χ4n) is 1.30. The van der Waals surface area contributed by atoms with Crippen LogP contribution in [0.1, 0.15) is 28.6 Å². The average Bonchev–Trinajstić information content (AvgIpc) is 2.87. The van der Waals surface area contributed by atoms with Crippen molar-refractivity contribution < 1.29 is 4.79 Å². The number of aryl methyl sites for hydroxylation is 1. The molecule has 0 spiro atoms. The Morgan fingerprint density at radius 2 is 2.40 bits per heavy atom. The maximum absolute atomic E-state index is 11.8. The first kappa shape index (κ1) is 10.0. The number of carbonyl (C=O) groups excluding carboxylic acids is 1. The predicted molar refractivity (Wildman–Crippen MR) is 58.1 cm³/mol. The van der Waals surface area contributed by atoms with Crippen molar-refractivity contribution in [1.82, 2.24) is 14.8 Å². The molecule has 4 nitrogen and oxygen atoms in total. The van der Waals surface area contributed by atoms with Gasteiger partial charge < -0.3 is 0 Å². The third-order valence-electron chi connectivity index (χ3n) is 2.00. The molecule has 2 rings (SSSR count). The summed E-state index contributed by atoms with van der Waals surface area (Å²) in [6, 6.07) is 0. The number of hydrogen-bond acceptors (Lipinski definition) is 4. The maximum Gasteiger partial charge on any atom is 0.207 e. The van der Waals surface area contributed by atoms with Crippen molar-refractivity contribution in [3.05, 3.63) is 34.5 Å². The highest BCUT2D eigenvalue weighted by Crippen LogP contribution is 2.12. The van der Waals surface area contributed by atoms with Gasteiger partial charge in [0.05, 0.1) is 22.1 Å². The lowest BCUT2D eigenvalue weighted by Gasteiger charge is -1.94. The summed E-state index contributed by atoms with van der Waals surface area (Å²) in [4.78, 5) is 16.4. The van der Waals surface area contributed by atoms with Gasteiger partial charge in [0.25, 0.3) is 0 Å². The molecule has 2 heterocycles. The lowest BCUT2D eigenvalue weighted by molar-refractivity contribution is 0.104. The van der Waals surface area contributed by atoms with E-state index in [0.29, 0.717) is 10.4 Å². The van der Waals surface area contributed by atoms with E-state index < -0.39 is 0 Å². The first-order valence-corrected chi connectivity index (χ1v) is 5.65. The molecule has 0 aromatic carbocycles. The molecule has 0 saturated carbocycles. The molecule has 2 aromatic rings. The molecule has 0 bridgehead atoms. The molecule has 0 saturated heterocycles. The topological polar surface area (TPSA) is 47.8 Å². The zero-order valence-electron chi connectivity index (χ0n) is 8.38. The van der Waals surface area contributed by atoms with Crippen molar-refractivity contribution in [2.45, 2.75) is 19.9 Å². The van der Waals surface area contributed by atoms with E-state index in [-0.39, 0.29) is 5.78 Å². The van der Waals surface area contributed by atoms with Crippen LogP contribution in [0.2, 0.25) is 0 Å². The maximum atomic E-state index is 11.8. The molecular weight excluding hydrogens is 210 g/mol. The standard InChI is InChI=1S/C10H11N3OS/c1-2-3-13-6-8(4-12-13)10(14)9-5-11-7-15-9/h4-7H,2-3H2,1H3. The van der Waals surface area contributed by atoms with Crippen LogP contribution in [-0.4, -0.2) is 20.5 Å². The smallest absolute Gasteiger partial charge is 0.207 e. The number of ketones is 1. The molecule has 0 aliphatic heterocycles. The molecule has 0 aliphatic carbocycles. The van der Waals surface area contributed by atoms with Gasteiger partial charge in [-0.2, -0.15) is 5.10 Å². The second-order valence-electron chi connectivity index (χ2n) is 3.19. The summed E-state index contributed by atoms with van der Waals surface area (Å²) < 4.78 is 1.79. The minimum atomic E-state index is -0.000136. The average molecular weight is 221 g/mol. The van der Waals surface area contributed by atoms with Gasteiger partial charge in [-0.3, -0.25) is 14.5 Å². The zero-order valence-corrected chi connectivity index (χ0v) is 9.20. The van der Waals surface area contributed by atoms with Gasteiger partial charge in [-0.05, 0) is 6.42 Å². The third kappa shape index (κ3) is 2.12. The van der Waals surface area contributed by atoms with Crippen molar-refractivity contribution in [2.75, 3.05) is 0 Å². The molecule has 15 heavy (non-hydrogen) atoms. The fraction of sp³-hybridized carbons (Fsp3) is 0.300. The summed E-state index contributed by atoms with van der Waals surface area (Å²) in [5.74, 6) is -0.000136. The quantitative estimate of drug-likeness (QED) is 0.742. The Morgan fingerprint density at radius 3 is 3.07 bits per heavy atom. The minimum Gasteiger partial charge on any atom is -0.288 e. The van der Waals surface area contributed by atoms with E-state index in [1.54, 1.807) is 28.8 Å². The van der Waals surface area contributed by atoms with Crippen molar-refractivity contribution in [3.8, 4) is 0 Å². The Bertz CT molecular complexity index is 447. The second-order valence-corrected chi connectivity index (χ2v) is 4.07. The number of hydrogen-bond donors (Lipinski definition) is 0. The summed E-state index contributed by atoms with van der Waals surface area (Å²) in [6.45, 7) is 2.92. The molecular formula is C10H11N3OS. The molecule has 0 radical (unpaired) electrons. The van der Waals surface area contributed by atoms with E-state index in [4.69, 9.17) is 0 Å². The van der Waals surface area contributed by atoms with Crippen LogP contribution in [0.5, 0.6) is 0 Å². The number of thiazole rings is 1. The first-order chi connectivity index (χ1) is 7.31. The monoisotopic (exact) mass is 221 g/mol. The SMILES string of the molecule is CCCn1cc(C(=O)c2cncs2)cn1. The Morgan fingerprint density at radius 1 is 1.53 bits per heavy atom. The number of nitrogens with zero attached hydrogens (tertiary/aromatic N) is 3. The molecule has 0 amide bonds. The minimum absolute atomic E-state index is 0.000136. The molecule has 0 N–H and O–H groups in total. The van der Waals surface area contributed by atoms with E-state index in [1.807, 2.05) is 0 Å². The summed E-state index contributed by atoms with van der Waals surface area (Å²) in [7, 11) is 0. The Kier molecular flexibility index (Phi) is 2.91. The summed E-state index contributed by atoms with van der Waals surface area (Å²) >= 11 is 1.35. The van der Waals surface area contributed by atoms with Crippen LogP contribution >= 0.6 is 11.3 Å². The van der Waals surface area contributed by atoms with Gasteiger partial charge in [0.2, 0.25) is 5.78 Å². The van der Waals surface area contributed by atoms with Gasteiger partial charge >= 0.3 is 0 Å². The molecule has 0 fully saturated rings. The largest absolute Gasteiger partial charge is 0.288 e. The van der Waals surface area contributed by atoms with Gasteiger partial charge in [0.15, 0.2) is 0 Å². The highest BCUT2D eigenvalue weighted by molar-refractivity contribution is 7.11. The highest BCUT2D eigenvalue weighted by Gasteiger charge is 2.12. The number of aromatic nitrogens is 3. The van der Waals surface area contributed by atoms with Crippen molar-refractivity contribution in [1.29, 1.82) is 0 Å². The van der Waals surface area contributed by atoms with E-state index in [0.717, 1.165) is 13.0 Å². The van der Waals surface area contributed by atoms with E-state index >= 15 is 0 Å². The van der Waals surface area contributed by atoms with Gasteiger partial charge in [-0.15, -0.1) is 11.3 Å². The fourth-order valence-corrected chi connectivity index (χ4v) is 1.88. The Balaban J connectivity index is 2.19. The summed E-state index contributed by atoms with van der Waals surface area (Å²) in [5, 5.41) is 4.12. The first-order valence-electron chi connectivity index (χ1n) is 4.77. The Labute approximate surface area is 91.6 Å². The normalized spacial score (nSPS) is 10.5. The molecule has 78 valence electrons. The van der Waals surface area contributed by atoms with E-state index in [2.05, 4.69) is 17.0 Å². The molecule has 0 unspecified atom stereocenters. The van der Waals surface area contributed by atoms with Gasteiger partial charge in [0.1, 0.15) is 0 Å². The lowest BCUT2D eigenvalue weighted by Crippen LogP contribution is -1.98. The third-order valence-corrected chi connectivity index (χ3v) is 2.78. The summed E-state index contributed by atoms with van der Waals surface area (Å²) in [5.41, 5.74) is 2.29. The van der Waals surface area contributed by atoms with Crippen LogP contribution in [0.15, 0.2) is 24.1 Å². The van der Waals surface area contributed by atoms with Crippen LogP contribution in [0.25, 0.3) is 0 Å². The molecule has 0 atom stereocenters. The number of carbonyl (C=O) groups is 1. The van der Waals surface area contributed by atoms with Crippen molar-refractivity contribution in [2.24, 2.45) is 0 Å². The van der Waals surface area contributed by atoms with Crippen LogP contribution in [0.3, 0.4) is 0 Å². The zero-order chi connectivity index (χ0) is 10.7. The summed E-state index contributed by atoms with van der Waals surface area (Å²) in [6.07, 6.45) is 5.99. The Hall–Kier alpha value is -1.49. The van der Waals surface area contributed by atoms with Gasteiger partial charge in [-0.1, -0.05) is 6.92 Å². The van der Waals surface area contributed by atoms with Crippen LogP contribution in [0, 0.1) is 0 Å². The van der Waals surface area contributed by atoms with Crippen molar-refractivity contribution >= 4 is 17.1 Å². The van der Waals surface area contributed by atoms with E-state index in [9.17, 15) is 4.79 Å².